The molecule has 2 rings (SSSR count). The number of aliphatic hydroxyl groups is 1. The topological polar surface area (TPSA) is 76.4 Å². The number of hydrogen-bond donors (Lipinski definition) is 2. The molecule has 1 fully saturated rings. The molecule has 0 aromatic carbocycles. The van der Waals surface area contributed by atoms with Crippen LogP contribution in [0.5, 0.6) is 5.88 Å². The van der Waals surface area contributed by atoms with Crippen LogP contribution >= 0.6 is 0 Å². The Kier molecular flexibility index (Phi) is 3.42. The van der Waals surface area contributed by atoms with Crippen molar-refractivity contribution < 1.29 is 14.6 Å². The minimum atomic E-state index is -1.71. The van der Waals surface area contributed by atoms with E-state index in [4.69, 9.17) is 28.3 Å². The number of hydrogen-bond acceptors (Lipinski definition) is 4. The van der Waals surface area contributed by atoms with Crippen LogP contribution in [0.3, 0.4) is 0 Å². The quantitative estimate of drug-likeness (QED) is 0.512. The van der Waals surface area contributed by atoms with E-state index in [1.165, 1.54) is 6.20 Å². The van der Waals surface area contributed by atoms with Gasteiger partial charge in [0.25, 0.3) is 5.88 Å². The number of nitrogens with one attached hydrogen (secondary N) is 1. The third-order valence-corrected chi connectivity index (χ3v) is 3.15. The molecule has 0 unspecified atom stereocenters. The van der Waals surface area contributed by atoms with Gasteiger partial charge in [-0.05, 0) is 25.0 Å². The summed E-state index contributed by atoms with van der Waals surface area (Å²) in [5, 5.41) is 14.6. The highest BCUT2D eigenvalue weighted by Gasteiger charge is 2.43. The zero-order chi connectivity index (χ0) is 14.3. The monoisotopic (exact) mass is 255 g/mol. The molecule has 1 aromatic rings. The molecular weight excluding hydrogens is 243 g/mol. The average molecular weight is 255 g/mol. The van der Waals surface area contributed by atoms with Gasteiger partial charge in [0.2, 0.25) is 6.41 Å². The lowest BCUT2D eigenvalue weighted by Gasteiger charge is -2.41. The van der Waals surface area contributed by atoms with Crippen molar-refractivity contribution in [2.24, 2.45) is 0 Å². The molecule has 1 heterocycles. The van der Waals surface area contributed by atoms with Crippen LogP contribution < -0.4 is 10.1 Å². The molecule has 6 radical (unpaired) electrons. The lowest BCUT2D eigenvalue weighted by atomic mass is 9.49. The molecule has 1 aliphatic rings. The molecule has 0 bridgehead atoms. The Hall–Kier alpha value is -1.37. The van der Waals surface area contributed by atoms with Gasteiger partial charge in [-0.2, -0.15) is 0 Å². The van der Waals surface area contributed by atoms with Crippen LogP contribution in [0.15, 0.2) is 6.20 Å². The fourth-order valence-electron chi connectivity index (χ4n) is 1.81. The first-order valence-electron chi connectivity index (χ1n) is 5.80. The van der Waals surface area contributed by atoms with Crippen molar-refractivity contribution in [3.63, 3.8) is 0 Å². The first-order valence-corrected chi connectivity index (χ1v) is 5.80. The predicted octanol–water partition coefficient (Wildman–Crippen LogP) is -1.18. The van der Waals surface area contributed by atoms with Gasteiger partial charge in [-0.25, -0.2) is 0 Å². The van der Waals surface area contributed by atoms with Gasteiger partial charge in [0.1, 0.15) is 11.8 Å². The summed E-state index contributed by atoms with van der Waals surface area (Å²) in [6, 6.07) is 0. The van der Waals surface area contributed by atoms with Crippen molar-refractivity contribution in [1.29, 1.82) is 0 Å². The molecule has 1 aromatic heterocycles. The van der Waals surface area contributed by atoms with Crippen LogP contribution in [0.25, 0.3) is 0 Å². The minimum absolute atomic E-state index is 0.114. The smallest absolute Gasteiger partial charge is 0.257 e. The van der Waals surface area contributed by atoms with Crippen LogP contribution in [0.1, 0.15) is 19.8 Å². The summed E-state index contributed by atoms with van der Waals surface area (Å²) in [4.78, 5) is 10.5. The number of aromatic nitrogens is 2. The minimum Gasteiger partial charge on any atom is -0.469 e. The number of nitrogens with zero attached hydrogens (tertiary/aromatic N) is 2. The summed E-state index contributed by atoms with van der Waals surface area (Å²) >= 11 is 0. The van der Waals surface area contributed by atoms with Gasteiger partial charge in [0.05, 0.1) is 35.3 Å². The van der Waals surface area contributed by atoms with Crippen molar-refractivity contribution in [2.45, 2.75) is 36.7 Å². The first-order chi connectivity index (χ1) is 8.74. The Bertz CT molecular complexity index is 484. The summed E-state index contributed by atoms with van der Waals surface area (Å²) in [6.07, 6.45) is 2.77. The summed E-state index contributed by atoms with van der Waals surface area (Å²) in [6.45, 7) is 1.67. The molecule has 1 amide bonds. The zero-order valence-corrected chi connectivity index (χ0v) is 10.5. The molecule has 19 heavy (non-hydrogen) atoms. The van der Waals surface area contributed by atoms with E-state index in [0.717, 1.165) is 4.68 Å². The SMILES string of the molecule is [B]C([B])([B])n1cc(NC=O)c(O[C@@H]2CC[C@@]2(C)O)n1. The van der Waals surface area contributed by atoms with Crippen LogP contribution in [0, 0.1) is 0 Å². The Morgan fingerprint density at radius 2 is 2.37 bits per heavy atom. The summed E-state index contributed by atoms with van der Waals surface area (Å²) in [5.74, 6) is 0.114. The second kappa shape index (κ2) is 4.63. The maximum absolute atomic E-state index is 10.5. The number of carbonyl (C=O) groups excluding carboxylic acids is 1. The normalized spacial score (nSPS) is 26.5. The van der Waals surface area contributed by atoms with Gasteiger partial charge in [-0.15, -0.1) is 5.10 Å². The number of carbonyl (C=O) groups is 1. The van der Waals surface area contributed by atoms with Crippen molar-refractivity contribution in [3.05, 3.63) is 6.20 Å². The highest BCUT2D eigenvalue weighted by molar-refractivity contribution is 6.56. The summed E-state index contributed by atoms with van der Waals surface area (Å²) in [5.41, 5.74) is -0.628. The third kappa shape index (κ3) is 2.81. The van der Waals surface area contributed by atoms with Crippen molar-refractivity contribution in [1.82, 2.24) is 9.78 Å². The van der Waals surface area contributed by atoms with Crippen molar-refractivity contribution in [2.75, 3.05) is 5.32 Å². The molecule has 0 spiro atoms. The Balaban J connectivity index is 2.23. The largest absolute Gasteiger partial charge is 0.469 e. The van der Waals surface area contributed by atoms with Crippen LogP contribution in [-0.4, -0.2) is 56.5 Å². The molecule has 9 heteroatoms. The molecule has 2 atom stereocenters. The first kappa shape index (κ1) is 14.1. The van der Waals surface area contributed by atoms with Gasteiger partial charge in [-0.3, -0.25) is 9.48 Å². The lowest BCUT2D eigenvalue weighted by Crippen LogP contribution is -2.52. The van der Waals surface area contributed by atoms with Gasteiger partial charge in [0.15, 0.2) is 0 Å². The van der Waals surface area contributed by atoms with Crippen LogP contribution in [-0.2, 0) is 10.0 Å². The Morgan fingerprint density at radius 1 is 1.68 bits per heavy atom. The van der Waals surface area contributed by atoms with Gasteiger partial charge < -0.3 is 15.2 Å². The maximum atomic E-state index is 10.5. The van der Waals surface area contributed by atoms with E-state index >= 15 is 0 Å². The van der Waals surface area contributed by atoms with E-state index in [1.807, 2.05) is 0 Å². The van der Waals surface area contributed by atoms with E-state index in [9.17, 15) is 9.90 Å². The van der Waals surface area contributed by atoms with E-state index in [-0.39, 0.29) is 11.6 Å². The van der Waals surface area contributed by atoms with E-state index < -0.39 is 16.9 Å². The van der Waals surface area contributed by atoms with E-state index in [0.29, 0.717) is 19.3 Å². The molecule has 0 aliphatic heterocycles. The molecule has 0 saturated heterocycles. The van der Waals surface area contributed by atoms with Crippen LogP contribution in [0.2, 0.25) is 0 Å². The van der Waals surface area contributed by atoms with Gasteiger partial charge in [0, 0.05) is 0 Å². The average Bonchev–Trinajstić information content (AvgIpc) is 2.68. The summed E-state index contributed by atoms with van der Waals surface area (Å²) in [7, 11) is 16.5. The number of rotatable bonds is 5. The number of anilines is 1. The molecule has 1 saturated carbocycles. The number of amides is 1. The second-order valence-electron chi connectivity index (χ2n) is 4.94. The Morgan fingerprint density at radius 3 is 2.79 bits per heavy atom. The second-order valence-corrected chi connectivity index (χ2v) is 4.94. The van der Waals surface area contributed by atoms with E-state index in [2.05, 4.69) is 10.4 Å². The molecular formula is C10H12B3N3O3. The number of ether oxygens (including phenoxy) is 1. The predicted molar refractivity (Wildman–Crippen MR) is 71.4 cm³/mol. The molecule has 2 N–H and O–H groups in total. The molecule has 1 aliphatic carbocycles. The van der Waals surface area contributed by atoms with Crippen molar-refractivity contribution in [3.8, 4) is 5.88 Å². The Labute approximate surface area is 115 Å². The molecule has 6 nitrogen and oxygen atoms in total. The zero-order valence-electron chi connectivity index (χ0n) is 10.5. The van der Waals surface area contributed by atoms with Crippen molar-refractivity contribution >= 4 is 35.6 Å². The summed E-state index contributed by atoms with van der Waals surface area (Å²) < 4.78 is 6.63. The fourth-order valence-corrected chi connectivity index (χ4v) is 1.81. The van der Waals surface area contributed by atoms with Gasteiger partial charge in [-0.1, -0.05) is 0 Å². The fraction of sp³-hybridized carbons (Fsp3) is 0.600. The maximum Gasteiger partial charge on any atom is 0.257 e. The highest BCUT2D eigenvalue weighted by atomic mass is 16.5. The highest BCUT2D eigenvalue weighted by Crippen LogP contribution is 2.36. The molecule has 94 valence electrons. The van der Waals surface area contributed by atoms with Gasteiger partial charge >= 0.3 is 0 Å². The lowest BCUT2D eigenvalue weighted by molar-refractivity contribution is -0.119. The third-order valence-electron chi connectivity index (χ3n) is 3.15. The van der Waals surface area contributed by atoms with E-state index in [1.54, 1.807) is 6.92 Å². The van der Waals surface area contributed by atoms with Crippen LogP contribution in [0.4, 0.5) is 5.69 Å². The standard InChI is InChI=1S/C10H12B3N3O3/c1-9(18)3-2-7(9)19-8-6(14-5-17)4-16(15-8)10(11,12)13/h4-5,7,18H,2-3H2,1H3,(H,14,17)/t7-,9-/m1/s1.